The Balaban J connectivity index is 1.68. The van der Waals surface area contributed by atoms with Gasteiger partial charge in [0.2, 0.25) is 5.91 Å². The maximum Gasteiger partial charge on any atom is 0.246 e. The summed E-state index contributed by atoms with van der Waals surface area (Å²) in [6.07, 6.45) is 5.74. The smallest absolute Gasteiger partial charge is 0.246 e. The first-order valence-electron chi connectivity index (χ1n) is 11.5. The Morgan fingerprint density at radius 3 is 2.64 bits per heavy atom. The van der Waals surface area contributed by atoms with Gasteiger partial charge in [0.15, 0.2) is 0 Å². The van der Waals surface area contributed by atoms with Gasteiger partial charge < -0.3 is 25.0 Å². The van der Waals surface area contributed by atoms with E-state index in [1.54, 1.807) is 26.4 Å². The van der Waals surface area contributed by atoms with Crippen molar-refractivity contribution in [3.8, 4) is 23.3 Å². The molecule has 1 aliphatic rings. The van der Waals surface area contributed by atoms with Gasteiger partial charge in [-0.15, -0.1) is 0 Å². The Labute approximate surface area is 215 Å². The fraction of sp³-hybridized carbons (Fsp3) is 0.346. The molecule has 10 heteroatoms. The first-order valence-corrected chi connectivity index (χ1v) is 11.9. The number of rotatable bonds is 6. The largest absolute Gasteiger partial charge is 0.497 e. The molecular weight excluding hydrogens is 480 g/mol. The number of likely N-dealkylation sites (tertiary alicyclic amines) is 1. The Morgan fingerprint density at radius 1 is 1.25 bits per heavy atom. The van der Waals surface area contributed by atoms with Crippen molar-refractivity contribution in [2.24, 2.45) is 0 Å². The molecule has 2 aromatic heterocycles. The van der Waals surface area contributed by atoms with Crippen LogP contribution in [0.15, 0.2) is 36.5 Å². The summed E-state index contributed by atoms with van der Waals surface area (Å²) in [4.78, 5) is 20.7. The van der Waals surface area contributed by atoms with Gasteiger partial charge in [-0.3, -0.25) is 9.48 Å². The third-order valence-corrected chi connectivity index (χ3v) is 6.21. The van der Waals surface area contributed by atoms with Gasteiger partial charge in [-0.2, -0.15) is 5.10 Å². The number of nitrogen functional groups attached to an aromatic ring is 1. The van der Waals surface area contributed by atoms with Gasteiger partial charge in [-0.1, -0.05) is 23.6 Å². The highest BCUT2D eigenvalue weighted by molar-refractivity contribution is 6.35. The van der Waals surface area contributed by atoms with E-state index in [0.29, 0.717) is 64.1 Å². The Bertz CT molecular complexity index is 1350. The highest BCUT2D eigenvalue weighted by Gasteiger charge is 2.30. The normalized spacial score (nSPS) is 15.5. The van der Waals surface area contributed by atoms with E-state index >= 15 is 0 Å². The van der Waals surface area contributed by atoms with Crippen molar-refractivity contribution in [3.63, 3.8) is 0 Å². The lowest BCUT2D eigenvalue weighted by Crippen LogP contribution is -2.27. The average molecular weight is 509 g/mol. The molecule has 1 fully saturated rings. The molecule has 0 radical (unpaired) electrons. The van der Waals surface area contributed by atoms with Crippen molar-refractivity contribution in [1.82, 2.24) is 24.6 Å². The second-order valence-electron chi connectivity index (χ2n) is 8.75. The van der Waals surface area contributed by atoms with Gasteiger partial charge in [-0.25, -0.2) is 4.98 Å². The quantitative estimate of drug-likeness (QED) is 0.403. The fourth-order valence-corrected chi connectivity index (χ4v) is 4.36. The molecule has 1 atom stereocenters. The van der Waals surface area contributed by atoms with E-state index in [4.69, 9.17) is 31.9 Å². The minimum absolute atomic E-state index is 0.0184. The highest BCUT2D eigenvalue weighted by Crippen LogP contribution is 2.34. The van der Waals surface area contributed by atoms with E-state index in [2.05, 4.69) is 16.8 Å². The summed E-state index contributed by atoms with van der Waals surface area (Å²) in [6, 6.07) is 5.34. The van der Waals surface area contributed by atoms with E-state index in [1.807, 2.05) is 46.8 Å². The monoisotopic (exact) mass is 508 g/mol. The SMILES string of the molecule is COc1cc(C#Cc2nn(C3CCN(C(=O)C=CCN(C)C)C3)c3c(Cl)cnc(N)c23)cc(OC)c1. The number of halogens is 1. The summed E-state index contributed by atoms with van der Waals surface area (Å²) in [5.41, 5.74) is 8.08. The van der Waals surface area contributed by atoms with Gasteiger partial charge in [0, 0.05) is 37.3 Å². The fourth-order valence-electron chi connectivity index (χ4n) is 4.13. The minimum Gasteiger partial charge on any atom is -0.497 e. The first-order chi connectivity index (χ1) is 17.3. The number of amides is 1. The lowest BCUT2D eigenvalue weighted by molar-refractivity contribution is -0.125. The van der Waals surface area contributed by atoms with Gasteiger partial charge in [-0.05, 0) is 38.6 Å². The molecule has 36 heavy (non-hydrogen) atoms. The van der Waals surface area contributed by atoms with Crippen LogP contribution in [-0.4, -0.2) is 78.4 Å². The summed E-state index contributed by atoms with van der Waals surface area (Å²) in [5, 5.41) is 5.81. The van der Waals surface area contributed by atoms with Crippen LogP contribution in [0.2, 0.25) is 5.02 Å². The molecular formula is C26H29ClN6O3. The van der Waals surface area contributed by atoms with Crippen molar-refractivity contribution in [3.05, 3.63) is 52.8 Å². The molecule has 1 aromatic carbocycles. The van der Waals surface area contributed by atoms with Crippen molar-refractivity contribution in [1.29, 1.82) is 0 Å². The molecule has 1 aliphatic heterocycles. The zero-order valence-electron chi connectivity index (χ0n) is 20.8. The van der Waals surface area contributed by atoms with Crippen LogP contribution in [-0.2, 0) is 4.79 Å². The van der Waals surface area contributed by atoms with Crippen LogP contribution < -0.4 is 15.2 Å². The average Bonchev–Trinajstić information content (AvgIpc) is 3.50. The number of fused-ring (bicyclic) bond motifs is 1. The number of nitrogens with two attached hydrogens (primary N) is 1. The minimum atomic E-state index is -0.0644. The number of methoxy groups -OCH3 is 2. The Hall–Kier alpha value is -3.74. The number of likely N-dealkylation sites (N-methyl/N-ethyl adjacent to an activating group) is 1. The summed E-state index contributed by atoms with van der Waals surface area (Å²) < 4.78 is 12.5. The van der Waals surface area contributed by atoms with Crippen LogP contribution in [0.4, 0.5) is 5.82 Å². The van der Waals surface area contributed by atoms with Crippen molar-refractivity contribution in [2.75, 3.05) is 53.7 Å². The standard InChI is InChI=1S/C26H29ClN6O3/c1-31(2)10-5-6-23(34)32-11-9-18(16-32)33-25-21(27)15-29-26(28)24(25)22(30-33)8-7-17-12-19(35-3)14-20(13-17)36-4/h5-6,12-15,18H,9-11,16H2,1-4H3,(H2,28,29). The van der Waals surface area contributed by atoms with Gasteiger partial charge in [0.05, 0.1) is 42.4 Å². The maximum atomic E-state index is 12.6. The number of hydrogen-bond donors (Lipinski definition) is 1. The van der Waals surface area contributed by atoms with Crippen LogP contribution >= 0.6 is 11.6 Å². The molecule has 0 spiro atoms. The molecule has 9 nitrogen and oxygen atoms in total. The van der Waals surface area contributed by atoms with E-state index in [1.165, 1.54) is 6.20 Å². The molecule has 1 amide bonds. The molecule has 1 unspecified atom stereocenters. The van der Waals surface area contributed by atoms with Crippen LogP contribution in [0, 0.1) is 11.8 Å². The third kappa shape index (κ3) is 5.40. The van der Waals surface area contributed by atoms with Crippen molar-refractivity contribution in [2.45, 2.75) is 12.5 Å². The lowest BCUT2D eigenvalue weighted by Gasteiger charge is -2.16. The highest BCUT2D eigenvalue weighted by atomic mass is 35.5. The summed E-state index contributed by atoms with van der Waals surface area (Å²) in [5.74, 6) is 7.79. The second-order valence-corrected chi connectivity index (χ2v) is 9.16. The van der Waals surface area contributed by atoms with Crippen LogP contribution in [0.3, 0.4) is 0 Å². The van der Waals surface area contributed by atoms with E-state index in [9.17, 15) is 4.79 Å². The molecule has 0 aliphatic carbocycles. The summed E-state index contributed by atoms with van der Waals surface area (Å²) >= 11 is 6.56. The number of pyridine rings is 1. The van der Waals surface area contributed by atoms with Gasteiger partial charge in [0.25, 0.3) is 0 Å². The van der Waals surface area contributed by atoms with Crippen LogP contribution in [0.5, 0.6) is 11.5 Å². The molecule has 0 bridgehead atoms. The topological polar surface area (TPSA) is 98.7 Å². The molecule has 3 heterocycles. The molecule has 0 saturated carbocycles. The molecule has 1 saturated heterocycles. The maximum absolute atomic E-state index is 12.6. The number of anilines is 1. The number of carbonyl (C=O) groups is 1. The summed E-state index contributed by atoms with van der Waals surface area (Å²) in [7, 11) is 7.09. The predicted molar refractivity (Wildman–Crippen MR) is 140 cm³/mol. The number of aromatic nitrogens is 3. The zero-order valence-corrected chi connectivity index (χ0v) is 21.5. The molecule has 4 rings (SSSR count). The Kier molecular flexibility index (Phi) is 7.67. The van der Waals surface area contributed by atoms with Gasteiger partial charge in [0.1, 0.15) is 23.0 Å². The Morgan fingerprint density at radius 2 is 1.97 bits per heavy atom. The number of nitrogens with zero attached hydrogens (tertiary/aromatic N) is 5. The number of ether oxygens (including phenoxy) is 2. The molecule has 188 valence electrons. The van der Waals surface area contributed by atoms with E-state index < -0.39 is 0 Å². The first kappa shape index (κ1) is 25.4. The molecule has 2 N–H and O–H groups in total. The zero-order chi connectivity index (χ0) is 25.8. The van der Waals surface area contributed by atoms with E-state index in [0.717, 1.165) is 6.42 Å². The number of carbonyl (C=O) groups excluding carboxylic acids is 1. The van der Waals surface area contributed by atoms with Crippen molar-refractivity contribution >= 4 is 34.2 Å². The lowest BCUT2D eigenvalue weighted by atomic mass is 10.1. The van der Waals surface area contributed by atoms with Crippen molar-refractivity contribution < 1.29 is 14.3 Å². The predicted octanol–water partition coefficient (Wildman–Crippen LogP) is 2.98. The van der Waals surface area contributed by atoms with Crippen LogP contribution in [0.1, 0.15) is 23.7 Å². The molecule has 3 aromatic rings. The number of hydrogen-bond acceptors (Lipinski definition) is 7. The summed E-state index contributed by atoms with van der Waals surface area (Å²) in [6.45, 7) is 1.84. The number of benzene rings is 1. The van der Waals surface area contributed by atoms with E-state index in [-0.39, 0.29) is 11.9 Å². The van der Waals surface area contributed by atoms with Gasteiger partial charge >= 0.3 is 0 Å². The van der Waals surface area contributed by atoms with Crippen LogP contribution in [0.25, 0.3) is 10.9 Å². The second kappa shape index (κ2) is 10.9. The third-order valence-electron chi connectivity index (χ3n) is 5.94.